The molecule has 0 radical (unpaired) electrons. The molecule has 6 heteroatoms. The molecule has 36 heavy (non-hydrogen) atoms. The number of hydrogen-bond donors (Lipinski definition) is 1. The molecule has 0 heterocycles. The van der Waals surface area contributed by atoms with E-state index in [4.69, 9.17) is 16.3 Å². The Balaban J connectivity index is 1.59. The minimum Gasteiger partial charge on any atom is -0.484 e. The molecule has 3 aromatic rings. The van der Waals surface area contributed by atoms with Gasteiger partial charge in [0, 0.05) is 24.0 Å². The smallest absolute Gasteiger partial charge is 0.261 e. The Bertz CT molecular complexity index is 1150. The summed E-state index contributed by atoms with van der Waals surface area (Å²) < 4.78 is 5.85. The molecule has 0 spiro atoms. The average molecular weight is 505 g/mol. The van der Waals surface area contributed by atoms with Crippen LogP contribution < -0.4 is 10.1 Å². The van der Waals surface area contributed by atoms with E-state index in [1.807, 2.05) is 73.7 Å². The Morgan fingerprint density at radius 3 is 2.25 bits per heavy atom. The molecular weight excluding hydrogens is 472 g/mol. The van der Waals surface area contributed by atoms with Crippen LogP contribution in [0.5, 0.6) is 5.75 Å². The van der Waals surface area contributed by atoms with Gasteiger partial charge >= 0.3 is 0 Å². The third kappa shape index (κ3) is 7.11. The van der Waals surface area contributed by atoms with Crippen LogP contribution in [0.3, 0.4) is 0 Å². The lowest BCUT2D eigenvalue weighted by Gasteiger charge is -2.32. The fraction of sp³-hybridized carbons (Fsp3) is 0.333. The molecule has 5 nitrogen and oxygen atoms in total. The van der Waals surface area contributed by atoms with Gasteiger partial charge in [-0.15, -0.1) is 0 Å². The standard InChI is InChI=1S/C30H33ClN2O3/c1-22-18-26(16-17-27(22)31)36-21-29(34)33(20-24-12-6-3-7-13-24)28(19-23-10-4-2-5-11-23)30(35)32-25-14-8-9-15-25/h2-7,10-13,16-18,25,28H,8-9,14-15,19-21H2,1H3,(H,32,35). The highest BCUT2D eigenvalue weighted by atomic mass is 35.5. The second kappa shape index (κ2) is 12.6. The van der Waals surface area contributed by atoms with Gasteiger partial charge in [-0.1, -0.05) is 85.1 Å². The maximum Gasteiger partial charge on any atom is 0.261 e. The van der Waals surface area contributed by atoms with E-state index in [1.54, 1.807) is 17.0 Å². The number of ether oxygens (including phenoxy) is 1. The molecule has 2 amide bonds. The van der Waals surface area contributed by atoms with Gasteiger partial charge in [0.05, 0.1) is 0 Å². The van der Waals surface area contributed by atoms with Crippen LogP contribution in [0.2, 0.25) is 5.02 Å². The van der Waals surface area contributed by atoms with Gasteiger partial charge in [-0.3, -0.25) is 9.59 Å². The van der Waals surface area contributed by atoms with Crippen molar-refractivity contribution in [1.29, 1.82) is 0 Å². The predicted octanol–water partition coefficient (Wildman–Crippen LogP) is 5.73. The number of aryl methyl sites for hydroxylation is 1. The number of rotatable bonds is 10. The summed E-state index contributed by atoms with van der Waals surface area (Å²) in [5.41, 5.74) is 2.84. The van der Waals surface area contributed by atoms with Crippen LogP contribution in [0.1, 0.15) is 42.4 Å². The van der Waals surface area contributed by atoms with Crippen molar-refractivity contribution in [3.8, 4) is 5.75 Å². The van der Waals surface area contributed by atoms with Gasteiger partial charge in [-0.25, -0.2) is 0 Å². The molecule has 0 bridgehead atoms. The minimum absolute atomic E-state index is 0.114. The lowest BCUT2D eigenvalue weighted by molar-refractivity contribution is -0.143. The van der Waals surface area contributed by atoms with E-state index >= 15 is 0 Å². The lowest BCUT2D eigenvalue weighted by Crippen LogP contribution is -2.53. The first-order valence-corrected chi connectivity index (χ1v) is 12.9. The summed E-state index contributed by atoms with van der Waals surface area (Å²) in [6, 6.07) is 24.4. The number of halogens is 1. The molecule has 1 saturated carbocycles. The zero-order valence-electron chi connectivity index (χ0n) is 20.7. The zero-order chi connectivity index (χ0) is 25.3. The van der Waals surface area contributed by atoms with Crippen LogP contribution in [0, 0.1) is 6.92 Å². The molecular formula is C30H33ClN2O3. The van der Waals surface area contributed by atoms with E-state index in [1.165, 1.54) is 0 Å². The Kier molecular flexibility index (Phi) is 9.01. The van der Waals surface area contributed by atoms with Crippen molar-refractivity contribution < 1.29 is 14.3 Å². The monoisotopic (exact) mass is 504 g/mol. The van der Waals surface area contributed by atoms with Gasteiger partial charge in [0.2, 0.25) is 5.91 Å². The van der Waals surface area contributed by atoms with Crippen LogP contribution in [0.15, 0.2) is 78.9 Å². The Labute approximate surface area is 218 Å². The quantitative estimate of drug-likeness (QED) is 0.384. The molecule has 1 aliphatic carbocycles. The van der Waals surface area contributed by atoms with E-state index in [0.29, 0.717) is 23.7 Å². The van der Waals surface area contributed by atoms with E-state index in [0.717, 1.165) is 42.4 Å². The maximum atomic E-state index is 13.6. The van der Waals surface area contributed by atoms with Crippen molar-refractivity contribution in [3.63, 3.8) is 0 Å². The van der Waals surface area contributed by atoms with Gasteiger partial charge in [-0.05, 0) is 54.7 Å². The molecule has 1 unspecified atom stereocenters. The molecule has 188 valence electrons. The Morgan fingerprint density at radius 1 is 0.972 bits per heavy atom. The number of nitrogens with one attached hydrogen (secondary N) is 1. The molecule has 0 saturated heterocycles. The molecule has 1 aliphatic rings. The second-order valence-electron chi connectivity index (χ2n) is 9.40. The van der Waals surface area contributed by atoms with Crippen molar-refractivity contribution in [2.45, 2.75) is 57.7 Å². The average Bonchev–Trinajstić information content (AvgIpc) is 3.41. The lowest BCUT2D eigenvalue weighted by atomic mass is 10.0. The summed E-state index contributed by atoms with van der Waals surface area (Å²) in [5, 5.41) is 3.86. The van der Waals surface area contributed by atoms with Crippen molar-refractivity contribution in [2.75, 3.05) is 6.61 Å². The first-order valence-electron chi connectivity index (χ1n) is 12.6. The summed E-state index contributed by atoms with van der Waals surface area (Å²) in [4.78, 5) is 28.9. The SMILES string of the molecule is Cc1cc(OCC(=O)N(Cc2ccccc2)C(Cc2ccccc2)C(=O)NC2CCCC2)ccc1Cl. The second-order valence-corrected chi connectivity index (χ2v) is 9.81. The largest absolute Gasteiger partial charge is 0.484 e. The zero-order valence-corrected chi connectivity index (χ0v) is 21.4. The highest BCUT2D eigenvalue weighted by Crippen LogP contribution is 2.22. The molecule has 0 aromatic heterocycles. The molecule has 3 aromatic carbocycles. The van der Waals surface area contributed by atoms with E-state index in [-0.39, 0.29) is 24.5 Å². The first kappa shape index (κ1) is 25.8. The minimum atomic E-state index is -0.656. The number of benzene rings is 3. The molecule has 1 N–H and O–H groups in total. The van der Waals surface area contributed by atoms with Crippen LogP contribution in [-0.2, 0) is 22.6 Å². The normalized spacial score (nSPS) is 14.3. The van der Waals surface area contributed by atoms with Crippen molar-refractivity contribution in [3.05, 3.63) is 101 Å². The molecule has 4 rings (SSSR count). The summed E-state index contributed by atoms with van der Waals surface area (Å²) in [6.07, 6.45) is 4.63. The topological polar surface area (TPSA) is 58.6 Å². The summed E-state index contributed by atoms with van der Waals surface area (Å²) in [5.74, 6) is 0.214. The van der Waals surface area contributed by atoms with E-state index in [2.05, 4.69) is 5.32 Å². The third-order valence-corrected chi connectivity index (χ3v) is 7.08. The summed E-state index contributed by atoms with van der Waals surface area (Å²) in [7, 11) is 0. The van der Waals surface area contributed by atoms with Gasteiger partial charge in [0.1, 0.15) is 11.8 Å². The highest BCUT2D eigenvalue weighted by Gasteiger charge is 2.32. The van der Waals surface area contributed by atoms with Crippen LogP contribution in [-0.4, -0.2) is 35.4 Å². The number of amides is 2. The van der Waals surface area contributed by atoms with Crippen molar-refractivity contribution in [1.82, 2.24) is 10.2 Å². The van der Waals surface area contributed by atoms with Gasteiger partial charge in [0.25, 0.3) is 5.91 Å². The maximum absolute atomic E-state index is 13.6. The van der Waals surface area contributed by atoms with Crippen molar-refractivity contribution >= 4 is 23.4 Å². The third-order valence-electron chi connectivity index (χ3n) is 6.66. The molecule has 0 aliphatic heterocycles. The highest BCUT2D eigenvalue weighted by molar-refractivity contribution is 6.31. The fourth-order valence-corrected chi connectivity index (χ4v) is 4.75. The number of carbonyl (C=O) groups excluding carboxylic acids is 2. The first-order chi connectivity index (χ1) is 17.5. The van der Waals surface area contributed by atoms with E-state index in [9.17, 15) is 9.59 Å². The molecule has 1 fully saturated rings. The molecule has 1 atom stereocenters. The van der Waals surface area contributed by atoms with Crippen LogP contribution in [0.25, 0.3) is 0 Å². The van der Waals surface area contributed by atoms with Crippen LogP contribution in [0.4, 0.5) is 0 Å². The summed E-state index contributed by atoms with van der Waals surface area (Å²) >= 11 is 6.13. The van der Waals surface area contributed by atoms with Crippen molar-refractivity contribution in [2.24, 2.45) is 0 Å². The number of nitrogens with zero attached hydrogens (tertiary/aromatic N) is 1. The number of hydrogen-bond acceptors (Lipinski definition) is 3. The Hall–Kier alpha value is -3.31. The Morgan fingerprint density at radius 2 is 1.61 bits per heavy atom. The van der Waals surface area contributed by atoms with Gasteiger partial charge in [-0.2, -0.15) is 0 Å². The van der Waals surface area contributed by atoms with Gasteiger partial charge < -0.3 is 15.0 Å². The summed E-state index contributed by atoms with van der Waals surface area (Å²) in [6.45, 7) is 2.04. The van der Waals surface area contributed by atoms with Gasteiger partial charge in [0.15, 0.2) is 6.61 Å². The van der Waals surface area contributed by atoms with Crippen LogP contribution >= 0.6 is 11.6 Å². The fourth-order valence-electron chi connectivity index (χ4n) is 4.64. The predicted molar refractivity (Wildman–Crippen MR) is 143 cm³/mol. The number of carbonyl (C=O) groups is 2. The van der Waals surface area contributed by atoms with E-state index < -0.39 is 6.04 Å².